The molecule has 246 valence electrons. The lowest BCUT2D eigenvalue weighted by molar-refractivity contribution is -0.143. The van der Waals surface area contributed by atoms with Crippen LogP contribution in [0.25, 0.3) is 10.2 Å². The van der Waals surface area contributed by atoms with E-state index in [1.54, 1.807) is 41.5 Å². The van der Waals surface area contributed by atoms with Crippen molar-refractivity contribution in [2.75, 3.05) is 13.1 Å². The van der Waals surface area contributed by atoms with Crippen molar-refractivity contribution in [2.24, 2.45) is 28.6 Å². The van der Waals surface area contributed by atoms with Crippen molar-refractivity contribution in [3.63, 3.8) is 0 Å². The lowest BCUT2D eigenvalue weighted by Crippen LogP contribution is -2.61. The van der Waals surface area contributed by atoms with Crippen molar-refractivity contribution in [3.8, 4) is 0 Å². The van der Waals surface area contributed by atoms with Crippen molar-refractivity contribution in [3.05, 3.63) is 29.3 Å². The van der Waals surface area contributed by atoms with Crippen LogP contribution in [0, 0.1) is 28.6 Å². The first kappa shape index (κ1) is 33.5. The van der Waals surface area contributed by atoms with Gasteiger partial charge in [0, 0.05) is 19.0 Å². The third kappa shape index (κ3) is 6.27. The van der Waals surface area contributed by atoms with E-state index >= 15 is 0 Å². The Kier molecular flexibility index (Phi) is 8.49. The third-order valence-electron chi connectivity index (χ3n) is 9.77. The van der Waals surface area contributed by atoms with Gasteiger partial charge >= 0.3 is 0 Å². The first-order valence-electron chi connectivity index (χ1n) is 15.5. The smallest absolute Gasteiger partial charge is 0.243 e. The maximum atomic E-state index is 14.3. The molecule has 1 saturated carbocycles. The van der Waals surface area contributed by atoms with Gasteiger partial charge in [0.2, 0.25) is 33.5 Å². The van der Waals surface area contributed by atoms with Gasteiger partial charge in [-0.05, 0) is 68.4 Å². The van der Waals surface area contributed by atoms with E-state index in [4.69, 9.17) is 0 Å². The van der Waals surface area contributed by atoms with Gasteiger partial charge in [-0.3, -0.25) is 19.2 Å². The second kappa shape index (κ2) is 11.4. The van der Waals surface area contributed by atoms with Crippen LogP contribution in [-0.4, -0.2) is 77.8 Å². The number of para-hydroxylation sites is 1. The minimum atomic E-state index is -3.89. The molecule has 2 aliphatic heterocycles. The number of Topliss-reactive ketones (excluding diaryl/α,β-unsaturated/α-hetero) is 1. The highest BCUT2D eigenvalue weighted by Crippen LogP contribution is 2.65. The summed E-state index contributed by atoms with van der Waals surface area (Å²) in [5, 5.41) is 5.99. The Bertz CT molecular complexity index is 1600. The van der Waals surface area contributed by atoms with Crippen molar-refractivity contribution >= 4 is 55.1 Å². The molecule has 0 bridgehead atoms. The van der Waals surface area contributed by atoms with Crippen LogP contribution in [0.2, 0.25) is 0 Å². The number of likely N-dealkylation sites (tertiary alicyclic amines) is 1. The first-order chi connectivity index (χ1) is 20.7. The molecule has 3 amide bonds. The maximum Gasteiger partial charge on any atom is 0.243 e. The average Bonchev–Trinajstić information content (AvgIpc) is 3.44. The average molecular weight is 660 g/mol. The van der Waals surface area contributed by atoms with Gasteiger partial charge in [0.1, 0.15) is 12.1 Å². The maximum absolute atomic E-state index is 14.3. The molecule has 3 aliphatic rings. The molecule has 45 heavy (non-hydrogen) atoms. The molecular formula is C32H45N5O6S2. The number of sulfonamides is 1. The number of hydrogen-bond donors (Lipinski definition) is 3. The standard InChI is InChI=1S/C32H45N5O6S2/c1-30(2,3)25(36-45(42,43)31(4,5)6)29(41)37-16-18-22(32(18,7)8)23(37)27(40)34-20(15-17-13-14-33-26(17)39)24(38)28-35-19-11-9-10-12-21(19)44-28/h9-12,17-18,20,22-23,25,36H,13-16H2,1-8H3,(H,33,39)(H,34,40)/t17-,18-,20-,22-,23-,25+/m0/s1. The van der Waals surface area contributed by atoms with Crippen LogP contribution >= 0.6 is 11.3 Å². The summed E-state index contributed by atoms with van der Waals surface area (Å²) in [5.74, 6) is -2.04. The molecule has 1 aromatic carbocycles. The summed E-state index contributed by atoms with van der Waals surface area (Å²) >= 11 is 1.24. The predicted molar refractivity (Wildman–Crippen MR) is 173 cm³/mol. The van der Waals surface area contributed by atoms with Crippen LogP contribution in [0.1, 0.15) is 78.0 Å². The Morgan fingerprint density at radius 1 is 1.13 bits per heavy atom. The first-order valence-corrected chi connectivity index (χ1v) is 17.8. The highest BCUT2D eigenvalue weighted by atomic mass is 32.2. The summed E-state index contributed by atoms with van der Waals surface area (Å²) in [5.41, 5.74) is -0.325. The number of carbonyl (C=O) groups is 4. The van der Waals surface area contributed by atoms with Crippen LogP contribution < -0.4 is 15.4 Å². The highest BCUT2D eigenvalue weighted by molar-refractivity contribution is 7.90. The van der Waals surface area contributed by atoms with Gasteiger partial charge in [0.25, 0.3) is 0 Å². The molecule has 3 heterocycles. The molecule has 0 radical (unpaired) electrons. The van der Waals surface area contributed by atoms with Crippen molar-refractivity contribution in [1.82, 2.24) is 25.2 Å². The fourth-order valence-corrected chi connectivity index (χ4v) is 8.76. The number of carbonyl (C=O) groups excluding carboxylic acids is 4. The van der Waals surface area contributed by atoms with Crippen molar-refractivity contribution in [1.29, 1.82) is 0 Å². The zero-order valence-electron chi connectivity index (χ0n) is 27.3. The van der Waals surface area contributed by atoms with Crippen LogP contribution in [0.3, 0.4) is 0 Å². The molecule has 1 aromatic heterocycles. The number of benzene rings is 1. The zero-order chi connectivity index (χ0) is 33.3. The number of amides is 3. The summed E-state index contributed by atoms with van der Waals surface area (Å²) in [6, 6.07) is 4.36. The van der Waals surface area contributed by atoms with Gasteiger partial charge in [0.05, 0.1) is 21.0 Å². The lowest BCUT2D eigenvalue weighted by Gasteiger charge is -2.38. The van der Waals surface area contributed by atoms with Crippen LogP contribution in [-0.2, 0) is 24.4 Å². The van der Waals surface area contributed by atoms with Gasteiger partial charge in [-0.15, -0.1) is 11.3 Å². The van der Waals surface area contributed by atoms with E-state index in [0.29, 0.717) is 25.0 Å². The molecule has 2 saturated heterocycles. The van der Waals surface area contributed by atoms with Crippen LogP contribution in [0.5, 0.6) is 0 Å². The minimum absolute atomic E-state index is 0.0519. The Morgan fingerprint density at radius 3 is 2.38 bits per heavy atom. The molecule has 3 fully saturated rings. The summed E-state index contributed by atoms with van der Waals surface area (Å²) in [4.78, 5) is 61.0. The number of aromatic nitrogens is 1. The molecule has 1 aliphatic carbocycles. The van der Waals surface area contributed by atoms with E-state index < -0.39 is 56.0 Å². The number of piperidine rings is 1. The Hall–Kier alpha value is -2.90. The predicted octanol–water partition coefficient (Wildman–Crippen LogP) is 3.11. The van der Waals surface area contributed by atoms with Crippen molar-refractivity contribution in [2.45, 2.75) is 91.1 Å². The molecular weight excluding hydrogens is 615 g/mol. The Labute approximate surface area is 269 Å². The highest BCUT2D eigenvalue weighted by Gasteiger charge is 2.70. The number of rotatable bonds is 9. The largest absolute Gasteiger partial charge is 0.356 e. The SMILES string of the molecule is CC(C)(C)[C@H](NS(=O)(=O)C(C)(C)C)C(=O)N1C[C@H]2[C@@H]([C@H]1C(=O)N[C@@H](C[C@@H]1CCNC1=O)C(=O)c1nc3ccccc3s1)C2(C)C. The molecule has 13 heteroatoms. The second-order valence-corrected chi connectivity index (χ2v) is 18.8. The second-order valence-electron chi connectivity index (χ2n) is 15.3. The molecule has 0 unspecified atom stereocenters. The van der Waals surface area contributed by atoms with Gasteiger partial charge in [-0.2, -0.15) is 0 Å². The fourth-order valence-electron chi connectivity index (χ4n) is 6.68. The third-order valence-corrected chi connectivity index (χ3v) is 13.0. The van der Waals surface area contributed by atoms with E-state index in [0.717, 1.165) is 4.70 Å². The molecule has 2 aromatic rings. The monoisotopic (exact) mass is 659 g/mol. The van der Waals surface area contributed by atoms with E-state index in [9.17, 15) is 27.6 Å². The fraction of sp³-hybridized carbons (Fsp3) is 0.656. The van der Waals surface area contributed by atoms with Crippen LogP contribution in [0.15, 0.2) is 24.3 Å². The summed E-state index contributed by atoms with van der Waals surface area (Å²) in [7, 11) is -3.89. The number of ketones is 1. The van der Waals surface area contributed by atoms with Gasteiger partial charge < -0.3 is 15.5 Å². The van der Waals surface area contributed by atoms with Gasteiger partial charge in [-0.1, -0.05) is 46.8 Å². The van der Waals surface area contributed by atoms with Crippen LogP contribution in [0.4, 0.5) is 0 Å². The molecule has 11 nitrogen and oxygen atoms in total. The number of nitrogens with one attached hydrogen (secondary N) is 3. The topological polar surface area (TPSA) is 155 Å². The lowest BCUT2D eigenvalue weighted by atomic mass is 9.86. The number of nitrogens with zero attached hydrogens (tertiary/aromatic N) is 2. The summed E-state index contributed by atoms with van der Waals surface area (Å²) in [6.45, 7) is 15.0. The molecule has 6 atom stereocenters. The number of fused-ring (bicyclic) bond motifs is 2. The van der Waals surface area contributed by atoms with E-state index in [1.807, 2.05) is 24.3 Å². The minimum Gasteiger partial charge on any atom is -0.356 e. The zero-order valence-corrected chi connectivity index (χ0v) is 28.9. The van der Waals surface area contributed by atoms with E-state index in [2.05, 4.69) is 34.2 Å². The number of hydrogen-bond acceptors (Lipinski definition) is 8. The van der Waals surface area contributed by atoms with E-state index in [1.165, 1.54) is 16.2 Å². The van der Waals surface area contributed by atoms with Gasteiger partial charge in [-0.25, -0.2) is 18.1 Å². The molecule has 3 N–H and O–H groups in total. The van der Waals surface area contributed by atoms with Gasteiger partial charge in [0.15, 0.2) is 5.01 Å². The summed E-state index contributed by atoms with van der Waals surface area (Å²) in [6.07, 6.45) is 0.658. The molecule has 5 rings (SSSR count). The normalized spacial score (nSPS) is 25.9. The Balaban J connectivity index is 1.45. The molecule has 0 spiro atoms. The quantitative estimate of drug-likeness (QED) is 0.350. The van der Waals surface area contributed by atoms with E-state index in [-0.39, 0.29) is 40.4 Å². The van der Waals surface area contributed by atoms with Crippen molar-refractivity contribution < 1.29 is 27.6 Å². The Morgan fingerprint density at radius 2 is 1.80 bits per heavy atom. The summed E-state index contributed by atoms with van der Waals surface area (Å²) < 4.78 is 28.7. The number of thiazole rings is 1.